The van der Waals surface area contributed by atoms with Gasteiger partial charge in [-0.25, -0.2) is 0 Å². The third-order valence-corrected chi connectivity index (χ3v) is 3.72. The van der Waals surface area contributed by atoms with Gasteiger partial charge in [0.1, 0.15) is 5.82 Å². The average Bonchev–Trinajstić information content (AvgIpc) is 2.85. The fourth-order valence-electron chi connectivity index (χ4n) is 2.65. The number of hydrogen-bond acceptors (Lipinski definition) is 4. The van der Waals surface area contributed by atoms with Gasteiger partial charge in [0.2, 0.25) is 0 Å². The standard InChI is InChI=1S/C12H24N4/c1-2-14-7-9-16(10-8-14)12(11-13)15-5-3-4-6-15/h11H,2-10,13H2,1H3/b12-11+. The highest BCUT2D eigenvalue weighted by molar-refractivity contribution is 5.01. The minimum atomic E-state index is 1.12. The number of nitrogens with two attached hydrogens (primary N) is 1. The van der Waals surface area contributed by atoms with E-state index in [1.54, 1.807) is 6.20 Å². The zero-order valence-electron chi connectivity index (χ0n) is 10.4. The lowest BCUT2D eigenvalue weighted by Crippen LogP contribution is -2.48. The lowest BCUT2D eigenvalue weighted by atomic mass is 10.3. The van der Waals surface area contributed by atoms with E-state index in [-0.39, 0.29) is 0 Å². The van der Waals surface area contributed by atoms with E-state index in [2.05, 4.69) is 21.6 Å². The van der Waals surface area contributed by atoms with Crippen LogP contribution in [-0.2, 0) is 0 Å². The Morgan fingerprint density at radius 3 is 2.06 bits per heavy atom. The maximum absolute atomic E-state index is 5.79. The first-order valence-electron chi connectivity index (χ1n) is 6.49. The van der Waals surface area contributed by atoms with E-state index in [4.69, 9.17) is 5.73 Å². The van der Waals surface area contributed by atoms with Crippen LogP contribution in [0.25, 0.3) is 0 Å². The molecule has 2 fully saturated rings. The summed E-state index contributed by atoms with van der Waals surface area (Å²) >= 11 is 0. The van der Waals surface area contributed by atoms with E-state index in [1.165, 1.54) is 51.4 Å². The third kappa shape index (κ3) is 2.43. The second kappa shape index (κ2) is 5.43. The first-order chi connectivity index (χ1) is 7.85. The molecule has 2 saturated heterocycles. The molecule has 2 N–H and O–H groups in total. The molecule has 4 heteroatoms. The van der Waals surface area contributed by atoms with Crippen LogP contribution in [0.1, 0.15) is 19.8 Å². The topological polar surface area (TPSA) is 35.7 Å². The summed E-state index contributed by atoms with van der Waals surface area (Å²) in [6.45, 7) is 10.3. The highest BCUT2D eigenvalue weighted by atomic mass is 15.4. The first-order valence-corrected chi connectivity index (χ1v) is 6.49. The minimum Gasteiger partial charge on any atom is -0.402 e. The van der Waals surface area contributed by atoms with E-state index in [0.29, 0.717) is 0 Å². The molecule has 16 heavy (non-hydrogen) atoms. The molecule has 2 rings (SSSR count). The number of piperazine rings is 1. The van der Waals surface area contributed by atoms with Crippen molar-refractivity contribution in [2.75, 3.05) is 45.8 Å². The molecular weight excluding hydrogens is 200 g/mol. The first kappa shape index (κ1) is 11.6. The Balaban J connectivity index is 1.90. The Hall–Kier alpha value is -0.900. The zero-order valence-corrected chi connectivity index (χ0v) is 10.4. The maximum Gasteiger partial charge on any atom is 0.120 e. The summed E-state index contributed by atoms with van der Waals surface area (Å²) < 4.78 is 0. The van der Waals surface area contributed by atoms with E-state index in [0.717, 1.165) is 13.1 Å². The van der Waals surface area contributed by atoms with Crippen LogP contribution in [0.15, 0.2) is 12.0 Å². The molecule has 0 bridgehead atoms. The summed E-state index contributed by atoms with van der Waals surface area (Å²) in [4.78, 5) is 7.37. The van der Waals surface area contributed by atoms with Crippen molar-refractivity contribution in [3.05, 3.63) is 12.0 Å². The highest BCUT2D eigenvalue weighted by Crippen LogP contribution is 2.18. The smallest absolute Gasteiger partial charge is 0.120 e. The molecule has 0 atom stereocenters. The number of hydrogen-bond donors (Lipinski definition) is 1. The predicted molar refractivity (Wildman–Crippen MR) is 66.8 cm³/mol. The van der Waals surface area contributed by atoms with Crippen molar-refractivity contribution in [1.29, 1.82) is 0 Å². The summed E-state index contributed by atoms with van der Waals surface area (Å²) in [6, 6.07) is 0. The summed E-state index contributed by atoms with van der Waals surface area (Å²) in [6.07, 6.45) is 4.42. The van der Waals surface area contributed by atoms with Crippen LogP contribution in [0.4, 0.5) is 0 Å². The van der Waals surface area contributed by atoms with Gasteiger partial charge in [-0.1, -0.05) is 6.92 Å². The maximum atomic E-state index is 5.79. The van der Waals surface area contributed by atoms with Crippen LogP contribution in [-0.4, -0.2) is 60.5 Å². The van der Waals surface area contributed by atoms with Gasteiger partial charge in [-0.15, -0.1) is 0 Å². The van der Waals surface area contributed by atoms with Crippen LogP contribution < -0.4 is 5.73 Å². The summed E-state index contributed by atoms with van der Waals surface area (Å²) in [5, 5.41) is 0. The van der Waals surface area contributed by atoms with Crippen molar-refractivity contribution in [2.45, 2.75) is 19.8 Å². The average molecular weight is 224 g/mol. The van der Waals surface area contributed by atoms with E-state index in [1.807, 2.05) is 0 Å². The fourth-order valence-corrected chi connectivity index (χ4v) is 2.65. The number of likely N-dealkylation sites (N-methyl/N-ethyl adjacent to an activating group) is 1. The largest absolute Gasteiger partial charge is 0.402 e. The minimum absolute atomic E-state index is 1.12. The van der Waals surface area contributed by atoms with Gasteiger partial charge in [0, 0.05) is 45.5 Å². The molecule has 4 nitrogen and oxygen atoms in total. The van der Waals surface area contributed by atoms with Crippen molar-refractivity contribution < 1.29 is 0 Å². The molecule has 0 aromatic heterocycles. The zero-order chi connectivity index (χ0) is 11.4. The molecule has 92 valence electrons. The number of rotatable bonds is 3. The monoisotopic (exact) mass is 224 g/mol. The van der Waals surface area contributed by atoms with Crippen LogP contribution in [0.5, 0.6) is 0 Å². The Morgan fingerprint density at radius 2 is 1.56 bits per heavy atom. The van der Waals surface area contributed by atoms with Crippen molar-refractivity contribution >= 4 is 0 Å². The lowest BCUT2D eigenvalue weighted by Gasteiger charge is -2.39. The van der Waals surface area contributed by atoms with Gasteiger partial charge in [0.25, 0.3) is 0 Å². The SMILES string of the molecule is CCN1CCN(/C(=C/N)N2CCCC2)CC1. The third-order valence-electron chi connectivity index (χ3n) is 3.72. The second-order valence-electron chi connectivity index (χ2n) is 4.64. The quantitative estimate of drug-likeness (QED) is 0.756. The number of nitrogens with zero attached hydrogens (tertiary/aromatic N) is 3. The van der Waals surface area contributed by atoms with Crippen molar-refractivity contribution in [3.8, 4) is 0 Å². The number of likely N-dealkylation sites (tertiary alicyclic amines) is 1. The molecule has 0 unspecified atom stereocenters. The molecule has 0 radical (unpaired) electrons. The highest BCUT2D eigenvalue weighted by Gasteiger charge is 2.23. The Labute approximate surface area is 98.7 Å². The molecular formula is C12H24N4. The Morgan fingerprint density at radius 1 is 1.00 bits per heavy atom. The van der Waals surface area contributed by atoms with Gasteiger partial charge in [0.15, 0.2) is 0 Å². The van der Waals surface area contributed by atoms with Crippen molar-refractivity contribution in [2.24, 2.45) is 5.73 Å². The van der Waals surface area contributed by atoms with Gasteiger partial charge in [-0.3, -0.25) is 0 Å². The molecule has 2 heterocycles. The van der Waals surface area contributed by atoms with Gasteiger partial charge < -0.3 is 20.4 Å². The molecule has 2 aliphatic rings. The molecule has 0 saturated carbocycles. The Bertz CT molecular complexity index is 237. The molecule has 0 aliphatic carbocycles. The van der Waals surface area contributed by atoms with Crippen LogP contribution in [0.3, 0.4) is 0 Å². The van der Waals surface area contributed by atoms with Gasteiger partial charge in [0.05, 0.1) is 0 Å². The molecule has 0 amide bonds. The second-order valence-corrected chi connectivity index (χ2v) is 4.64. The summed E-state index contributed by atoms with van der Waals surface area (Å²) in [7, 11) is 0. The molecule has 0 aromatic carbocycles. The van der Waals surface area contributed by atoms with Crippen molar-refractivity contribution in [3.63, 3.8) is 0 Å². The van der Waals surface area contributed by atoms with E-state index < -0.39 is 0 Å². The fraction of sp³-hybridized carbons (Fsp3) is 0.833. The lowest BCUT2D eigenvalue weighted by molar-refractivity contribution is 0.133. The summed E-state index contributed by atoms with van der Waals surface area (Å²) in [5.41, 5.74) is 5.79. The Kier molecular flexibility index (Phi) is 3.93. The normalized spacial score (nSPS) is 24.2. The van der Waals surface area contributed by atoms with Crippen LogP contribution >= 0.6 is 0 Å². The van der Waals surface area contributed by atoms with Crippen LogP contribution in [0, 0.1) is 0 Å². The molecule has 0 aromatic rings. The van der Waals surface area contributed by atoms with E-state index >= 15 is 0 Å². The predicted octanol–water partition coefficient (Wildman–Crippen LogP) is 0.477. The van der Waals surface area contributed by atoms with Gasteiger partial charge in [-0.05, 0) is 19.4 Å². The molecule has 2 aliphatic heterocycles. The van der Waals surface area contributed by atoms with E-state index in [9.17, 15) is 0 Å². The van der Waals surface area contributed by atoms with Crippen LogP contribution in [0.2, 0.25) is 0 Å². The summed E-state index contributed by atoms with van der Waals surface area (Å²) in [5.74, 6) is 1.26. The van der Waals surface area contributed by atoms with Crippen molar-refractivity contribution in [1.82, 2.24) is 14.7 Å². The van der Waals surface area contributed by atoms with Gasteiger partial charge >= 0.3 is 0 Å². The molecule has 0 spiro atoms. The van der Waals surface area contributed by atoms with Gasteiger partial charge in [-0.2, -0.15) is 0 Å².